The number of aliphatic hydroxyl groups is 1. The average Bonchev–Trinajstić information content (AvgIpc) is 2.14. The SMILES string of the molecule is C/C=C/C/C=C(/C)C(O)CCCC. The molecule has 1 heteroatoms. The summed E-state index contributed by atoms with van der Waals surface area (Å²) < 4.78 is 0. The molecule has 1 atom stereocenters. The Morgan fingerprint density at radius 3 is 2.69 bits per heavy atom. The Labute approximate surface area is 82.2 Å². The fourth-order valence-electron chi connectivity index (χ4n) is 1.15. The number of aliphatic hydroxyl groups excluding tert-OH is 1. The lowest BCUT2D eigenvalue weighted by Crippen LogP contribution is -2.07. The Kier molecular flexibility index (Phi) is 7.71. The van der Waals surface area contributed by atoms with E-state index in [1.807, 2.05) is 19.9 Å². The molecule has 0 amide bonds. The van der Waals surface area contributed by atoms with Crippen LogP contribution in [-0.2, 0) is 0 Å². The first-order valence-electron chi connectivity index (χ1n) is 5.18. The molecule has 0 saturated heterocycles. The van der Waals surface area contributed by atoms with Crippen molar-refractivity contribution in [1.82, 2.24) is 0 Å². The van der Waals surface area contributed by atoms with Crippen LogP contribution in [0, 0.1) is 0 Å². The van der Waals surface area contributed by atoms with Crippen molar-refractivity contribution in [3.05, 3.63) is 23.8 Å². The van der Waals surface area contributed by atoms with Crippen molar-refractivity contribution < 1.29 is 5.11 Å². The largest absolute Gasteiger partial charge is 0.389 e. The summed E-state index contributed by atoms with van der Waals surface area (Å²) in [5.41, 5.74) is 1.10. The van der Waals surface area contributed by atoms with Crippen molar-refractivity contribution in [3.8, 4) is 0 Å². The zero-order chi connectivity index (χ0) is 10.1. The van der Waals surface area contributed by atoms with Crippen LogP contribution in [0.4, 0.5) is 0 Å². The second-order valence-corrected chi connectivity index (χ2v) is 3.41. The van der Waals surface area contributed by atoms with Gasteiger partial charge >= 0.3 is 0 Å². The lowest BCUT2D eigenvalue weighted by molar-refractivity contribution is 0.196. The molecular weight excluding hydrogens is 160 g/mol. The second kappa shape index (κ2) is 8.06. The summed E-state index contributed by atoms with van der Waals surface area (Å²) in [6, 6.07) is 0. The molecule has 0 fully saturated rings. The van der Waals surface area contributed by atoms with Crippen molar-refractivity contribution in [1.29, 1.82) is 0 Å². The van der Waals surface area contributed by atoms with Crippen molar-refractivity contribution in [2.45, 2.75) is 52.6 Å². The van der Waals surface area contributed by atoms with Gasteiger partial charge in [-0.25, -0.2) is 0 Å². The van der Waals surface area contributed by atoms with E-state index in [2.05, 4.69) is 19.1 Å². The van der Waals surface area contributed by atoms with Gasteiger partial charge in [0.1, 0.15) is 0 Å². The Balaban J connectivity index is 3.78. The van der Waals surface area contributed by atoms with E-state index in [4.69, 9.17) is 0 Å². The van der Waals surface area contributed by atoms with Gasteiger partial charge in [-0.05, 0) is 32.3 Å². The molecule has 0 aromatic rings. The van der Waals surface area contributed by atoms with Gasteiger partial charge in [0.25, 0.3) is 0 Å². The highest BCUT2D eigenvalue weighted by Gasteiger charge is 2.03. The summed E-state index contributed by atoms with van der Waals surface area (Å²) in [6.07, 6.45) is 10.1. The Morgan fingerprint density at radius 1 is 1.46 bits per heavy atom. The Bertz CT molecular complexity index is 168. The van der Waals surface area contributed by atoms with Crippen LogP contribution in [0.3, 0.4) is 0 Å². The number of hydrogen-bond acceptors (Lipinski definition) is 1. The molecule has 0 aliphatic rings. The topological polar surface area (TPSA) is 20.2 Å². The quantitative estimate of drug-likeness (QED) is 0.624. The first-order chi connectivity index (χ1) is 6.22. The minimum absolute atomic E-state index is 0.231. The molecule has 0 radical (unpaired) electrons. The molecule has 13 heavy (non-hydrogen) atoms. The third kappa shape index (κ3) is 6.59. The number of unbranched alkanes of at least 4 members (excludes halogenated alkanes) is 1. The fourth-order valence-corrected chi connectivity index (χ4v) is 1.15. The molecule has 0 aromatic carbocycles. The van der Waals surface area contributed by atoms with Gasteiger partial charge < -0.3 is 5.11 Å². The predicted octanol–water partition coefficient (Wildman–Crippen LogP) is 3.45. The molecule has 0 rings (SSSR count). The summed E-state index contributed by atoms with van der Waals surface area (Å²) in [5.74, 6) is 0. The normalized spacial score (nSPS) is 15.2. The van der Waals surface area contributed by atoms with Gasteiger partial charge in [-0.15, -0.1) is 0 Å². The first kappa shape index (κ1) is 12.4. The summed E-state index contributed by atoms with van der Waals surface area (Å²) in [5, 5.41) is 9.66. The van der Waals surface area contributed by atoms with Crippen molar-refractivity contribution >= 4 is 0 Å². The maximum atomic E-state index is 9.66. The maximum absolute atomic E-state index is 9.66. The highest BCUT2D eigenvalue weighted by Crippen LogP contribution is 2.10. The molecule has 0 saturated carbocycles. The summed E-state index contributed by atoms with van der Waals surface area (Å²) in [7, 11) is 0. The van der Waals surface area contributed by atoms with Crippen LogP contribution < -0.4 is 0 Å². The second-order valence-electron chi connectivity index (χ2n) is 3.41. The van der Waals surface area contributed by atoms with Gasteiger partial charge in [0.05, 0.1) is 6.10 Å². The van der Waals surface area contributed by atoms with Gasteiger partial charge in [-0.3, -0.25) is 0 Å². The van der Waals surface area contributed by atoms with Gasteiger partial charge in [-0.2, -0.15) is 0 Å². The van der Waals surface area contributed by atoms with E-state index in [-0.39, 0.29) is 6.10 Å². The molecule has 0 bridgehead atoms. The highest BCUT2D eigenvalue weighted by molar-refractivity contribution is 5.06. The molecule has 1 unspecified atom stereocenters. The van der Waals surface area contributed by atoms with Gasteiger partial charge in [-0.1, -0.05) is 38.0 Å². The van der Waals surface area contributed by atoms with Crippen LogP contribution in [0.1, 0.15) is 46.5 Å². The van der Waals surface area contributed by atoms with Gasteiger partial charge in [0.2, 0.25) is 0 Å². The lowest BCUT2D eigenvalue weighted by Gasteiger charge is -2.09. The van der Waals surface area contributed by atoms with Crippen molar-refractivity contribution in [2.75, 3.05) is 0 Å². The van der Waals surface area contributed by atoms with Crippen LogP contribution in [0.15, 0.2) is 23.8 Å². The van der Waals surface area contributed by atoms with E-state index in [9.17, 15) is 5.11 Å². The molecule has 0 aliphatic heterocycles. The van der Waals surface area contributed by atoms with Crippen LogP contribution in [0.2, 0.25) is 0 Å². The van der Waals surface area contributed by atoms with Crippen LogP contribution in [0.5, 0.6) is 0 Å². The van der Waals surface area contributed by atoms with E-state index in [0.29, 0.717) is 0 Å². The summed E-state index contributed by atoms with van der Waals surface area (Å²) in [4.78, 5) is 0. The summed E-state index contributed by atoms with van der Waals surface area (Å²) >= 11 is 0. The summed E-state index contributed by atoms with van der Waals surface area (Å²) in [6.45, 7) is 6.16. The Hall–Kier alpha value is -0.560. The van der Waals surface area contributed by atoms with E-state index in [1.54, 1.807) is 0 Å². The first-order valence-corrected chi connectivity index (χ1v) is 5.18. The minimum atomic E-state index is -0.231. The standard InChI is InChI=1S/C12H22O/c1-4-6-8-9-11(3)12(13)10-7-5-2/h4,6,9,12-13H,5,7-8,10H2,1-3H3/b6-4+,11-9-. The molecule has 0 aromatic heterocycles. The number of rotatable bonds is 6. The number of hydrogen-bond donors (Lipinski definition) is 1. The van der Waals surface area contributed by atoms with E-state index in [0.717, 1.165) is 31.3 Å². The van der Waals surface area contributed by atoms with Gasteiger partial charge in [0.15, 0.2) is 0 Å². The molecule has 1 nitrogen and oxygen atoms in total. The lowest BCUT2D eigenvalue weighted by atomic mass is 10.0. The fraction of sp³-hybridized carbons (Fsp3) is 0.667. The zero-order valence-corrected chi connectivity index (χ0v) is 9.09. The van der Waals surface area contributed by atoms with Crippen LogP contribution in [-0.4, -0.2) is 11.2 Å². The molecule has 1 N–H and O–H groups in total. The molecule has 0 spiro atoms. The monoisotopic (exact) mass is 182 g/mol. The molecule has 0 heterocycles. The van der Waals surface area contributed by atoms with E-state index in [1.165, 1.54) is 0 Å². The smallest absolute Gasteiger partial charge is 0.0747 e. The van der Waals surface area contributed by atoms with E-state index < -0.39 is 0 Å². The van der Waals surface area contributed by atoms with Crippen molar-refractivity contribution in [3.63, 3.8) is 0 Å². The maximum Gasteiger partial charge on any atom is 0.0747 e. The van der Waals surface area contributed by atoms with Crippen LogP contribution in [0.25, 0.3) is 0 Å². The predicted molar refractivity (Wildman–Crippen MR) is 58.7 cm³/mol. The zero-order valence-electron chi connectivity index (χ0n) is 9.09. The Morgan fingerprint density at radius 2 is 2.15 bits per heavy atom. The minimum Gasteiger partial charge on any atom is -0.389 e. The van der Waals surface area contributed by atoms with Crippen molar-refractivity contribution in [2.24, 2.45) is 0 Å². The average molecular weight is 182 g/mol. The third-order valence-electron chi connectivity index (χ3n) is 2.17. The molecule has 0 aliphatic carbocycles. The van der Waals surface area contributed by atoms with E-state index >= 15 is 0 Å². The third-order valence-corrected chi connectivity index (χ3v) is 2.17. The van der Waals surface area contributed by atoms with Crippen LogP contribution >= 0.6 is 0 Å². The molecule has 76 valence electrons. The van der Waals surface area contributed by atoms with Gasteiger partial charge in [0, 0.05) is 0 Å². The highest BCUT2D eigenvalue weighted by atomic mass is 16.3. The molecular formula is C12H22O. The number of allylic oxidation sites excluding steroid dienone is 3.